The maximum atomic E-state index is 13.5. The van der Waals surface area contributed by atoms with E-state index in [0.29, 0.717) is 12.1 Å². The molecule has 0 aliphatic rings. The number of carbonyl (C=O) groups is 2. The first-order chi connectivity index (χ1) is 21.1. The summed E-state index contributed by atoms with van der Waals surface area (Å²) in [4.78, 5) is 23.2. The van der Waals surface area contributed by atoms with Crippen LogP contribution in [0.1, 0.15) is 31.8 Å². The Morgan fingerprint density at radius 1 is 0.711 bits per heavy atom. The molecule has 0 amide bonds. The molecule has 45 heavy (non-hydrogen) atoms. The molecule has 0 saturated heterocycles. The van der Waals surface area contributed by atoms with Crippen LogP contribution in [-0.4, -0.2) is 66.4 Å². The summed E-state index contributed by atoms with van der Waals surface area (Å²) in [5.74, 6) is -3.26. The van der Waals surface area contributed by atoms with E-state index in [4.69, 9.17) is 19.7 Å². The molecule has 12 nitrogen and oxygen atoms in total. The summed E-state index contributed by atoms with van der Waals surface area (Å²) >= 11 is 0.989. The second-order valence-corrected chi connectivity index (χ2v) is 10.0. The van der Waals surface area contributed by atoms with Crippen LogP contribution in [-0.2, 0) is 12.4 Å². The van der Waals surface area contributed by atoms with Gasteiger partial charge in [-0.2, -0.15) is 26.3 Å². The number of hydrogen-bond acceptors (Lipinski definition) is 9. The first kappa shape index (κ1) is 31.0. The van der Waals surface area contributed by atoms with Crippen LogP contribution in [0.2, 0.25) is 0 Å². The van der Waals surface area contributed by atoms with Gasteiger partial charge in [0.2, 0.25) is 0 Å². The lowest BCUT2D eigenvalue weighted by Gasteiger charge is -2.11. The summed E-state index contributed by atoms with van der Waals surface area (Å²) in [6.45, 7) is 0. The molecule has 0 aliphatic carbocycles. The lowest BCUT2D eigenvalue weighted by molar-refractivity contribution is -0.138. The molecule has 5 aromatic rings. The summed E-state index contributed by atoms with van der Waals surface area (Å²) in [7, 11) is 2.62. The molecular weight excluding hydrogens is 638 g/mol. The predicted octanol–water partition coefficient (Wildman–Crippen LogP) is 5.69. The first-order valence-electron chi connectivity index (χ1n) is 12.1. The van der Waals surface area contributed by atoms with Crippen molar-refractivity contribution in [1.82, 2.24) is 30.0 Å². The molecule has 234 valence electrons. The van der Waals surface area contributed by atoms with Crippen molar-refractivity contribution in [2.24, 2.45) is 0 Å². The third kappa shape index (κ3) is 5.76. The number of thiophene rings is 1. The van der Waals surface area contributed by atoms with E-state index < -0.39 is 46.5 Å². The van der Waals surface area contributed by atoms with Gasteiger partial charge in [-0.25, -0.2) is 19.0 Å². The van der Waals surface area contributed by atoms with Crippen molar-refractivity contribution in [3.63, 3.8) is 0 Å². The number of benzene rings is 2. The Hall–Kier alpha value is -5.46. The van der Waals surface area contributed by atoms with E-state index in [-0.39, 0.29) is 44.0 Å². The number of carboxylic acids is 2. The van der Waals surface area contributed by atoms with Crippen molar-refractivity contribution in [1.29, 1.82) is 0 Å². The molecule has 2 aromatic carbocycles. The SMILES string of the molecule is COc1c(-c2cn(-c3ccc(C(=O)O)c(C(F)(F)F)c3)nn2)sc(-c2cn(-c3ccc(C(=O)O)c(C(F)(F)F)c3)nn2)c1OC. The Balaban J connectivity index is 1.55. The molecule has 0 fully saturated rings. The molecule has 0 spiro atoms. The fourth-order valence-electron chi connectivity index (χ4n) is 4.29. The molecule has 0 atom stereocenters. The first-order valence-corrected chi connectivity index (χ1v) is 13.0. The van der Waals surface area contributed by atoms with Crippen molar-refractivity contribution in [3.8, 4) is 44.0 Å². The number of halogens is 6. The molecule has 0 saturated carbocycles. The minimum absolute atomic E-state index is 0.115. The van der Waals surface area contributed by atoms with E-state index in [2.05, 4.69) is 20.6 Å². The Morgan fingerprint density at radius 3 is 1.40 bits per heavy atom. The number of ether oxygens (including phenoxy) is 2. The zero-order valence-electron chi connectivity index (χ0n) is 22.5. The predicted molar refractivity (Wildman–Crippen MR) is 142 cm³/mol. The van der Waals surface area contributed by atoms with Crippen molar-refractivity contribution < 1.29 is 55.6 Å². The molecule has 0 bridgehead atoms. The largest absolute Gasteiger partial charge is 0.491 e. The lowest BCUT2D eigenvalue weighted by Crippen LogP contribution is -2.14. The van der Waals surface area contributed by atoms with Crippen LogP contribution >= 0.6 is 11.3 Å². The highest BCUT2D eigenvalue weighted by Gasteiger charge is 2.37. The molecule has 2 N–H and O–H groups in total. The normalized spacial score (nSPS) is 11.9. The average Bonchev–Trinajstić information content (AvgIpc) is 3.73. The number of aromatic nitrogens is 6. The van der Waals surface area contributed by atoms with E-state index in [1.807, 2.05) is 0 Å². The highest BCUT2D eigenvalue weighted by molar-refractivity contribution is 7.19. The smallest absolute Gasteiger partial charge is 0.417 e. The molecule has 19 heteroatoms. The number of rotatable bonds is 8. The fourth-order valence-corrected chi connectivity index (χ4v) is 5.43. The van der Waals surface area contributed by atoms with Gasteiger partial charge in [0.1, 0.15) is 21.1 Å². The van der Waals surface area contributed by atoms with Gasteiger partial charge >= 0.3 is 24.3 Å². The van der Waals surface area contributed by atoms with Gasteiger partial charge in [0.05, 0.1) is 60.2 Å². The van der Waals surface area contributed by atoms with Gasteiger partial charge in [0.25, 0.3) is 0 Å². The quantitative estimate of drug-likeness (QED) is 0.199. The highest BCUT2D eigenvalue weighted by Crippen LogP contribution is 2.51. The van der Waals surface area contributed by atoms with Crippen LogP contribution in [0.25, 0.3) is 32.5 Å². The minimum Gasteiger partial charge on any atom is -0.491 e. The molecular formula is C26H16F6N6O6S. The number of carboxylic acid groups (broad SMARTS) is 2. The fraction of sp³-hybridized carbons (Fsp3) is 0.154. The van der Waals surface area contributed by atoms with Gasteiger partial charge in [-0.05, 0) is 36.4 Å². The van der Waals surface area contributed by atoms with Crippen molar-refractivity contribution in [2.45, 2.75) is 12.4 Å². The zero-order valence-corrected chi connectivity index (χ0v) is 23.3. The van der Waals surface area contributed by atoms with Crippen molar-refractivity contribution in [3.05, 3.63) is 71.0 Å². The lowest BCUT2D eigenvalue weighted by atomic mass is 10.1. The maximum absolute atomic E-state index is 13.5. The number of alkyl halides is 6. The van der Waals surface area contributed by atoms with Crippen molar-refractivity contribution >= 4 is 23.3 Å². The topological polar surface area (TPSA) is 154 Å². The Bertz CT molecular complexity index is 1810. The molecule has 3 heterocycles. The standard InChI is InChI=1S/C26H16F6N6O6S/c1-43-19-20(44-2)22(18-10-38(36-34-18)12-4-6-14(24(41)42)16(8-12)26(30,31)32)45-21(19)17-9-37(35-33-17)11-3-5-13(23(39)40)15(7-11)25(27,28)29/h3-10H,1-2H3,(H,39,40)(H,41,42). The number of aromatic carboxylic acids is 2. The summed E-state index contributed by atoms with van der Waals surface area (Å²) in [5, 5.41) is 34.0. The van der Waals surface area contributed by atoms with E-state index in [1.54, 1.807) is 0 Å². The van der Waals surface area contributed by atoms with Crippen LogP contribution in [0.4, 0.5) is 26.3 Å². The molecule has 3 aromatic heterocycles. The number of methoxy groups -OCH3 is 2. The van der Waals surface area contributed by atoms with E-state index in [9.17, 15) is 35.9 Å². The van der Waals surface area contributed by atoms with Crippen LogP contribution in [0, 0.1) is 0 Å². The summed E-state index contributed by atoms with van der Waals surface area (Å²) < 4.78 is 94.1. The minimum atomic E-state index is -4.96. The van der Waals surface area contributed by atoms with Crippen LogP contribution in [0.15, 0.2) is 48.8 Å². The summed E-state index contributed by atoms with van der Waals surface area (Å²) in [6, 6.07) is 5.08. The van der Waals surface area contributed by atoms with E-state index in [1.165, 1.54) is 26.6 Å². The van der Waals surface area contributed by atoms with Crippen molar-refractivity contribution in [2.75, 3.05) is 14.2 Å². The monoisotopic (exact) mass is 654 g/mol. The van der Waals surface area contributed by atoms with Gasteiger partial charge in [-0.15, -0.1) is 21.5 Å². The molecule has 5 rings (SSSR count). The van der Waals surface area contributed by atoms with Crippen LogP contribution in [0.5, 0.6) is 11.5 Å². The summed E-state index contributed by atoms with van der Waals surface area (Å²) in [5.41, 5.74) is -4.70. The van der Waals surface area contributed by atoms with E-state index >= 15 is 0 Å². The Kier molecular flexibility index (Phi) is 7.73. The third-order valence-electron chi connectivity index (χ3n) is 6.29. The molecule has 0 unspecified atom stereocenters. The second kappa shape index (κ2) is 11.2. The molecule has 0 radical (unpaired) electrons. The second-order valence-electron chi connectivity index (χ2n) is 8.99. The van der Waals surface area contributed by atoms with Crippen LogP contribution < -0.4 is 9.47 Å². The average molecular weight is 655 g/mol. The third-order valence-corrected chi connectivity index (χ3v) is 7.49. The van der Waals surface area contributed by atoms with Gasteiger partial charge in [-0.1, -0.05) is 10.4 Å². The Morgan fingerprint density at radius 2 is 1.09 bits per heavy atom. The van der Waals surface area contributed by atoms with Gasteiger partial charge in [-0.3, -0.25) is 0 Å². The zero-order chi connectivity index (χ0) is 32.8. The highest BCUT2D eigenvalue weighted by atomic mass is 32.1. The summed E-state index contributed by atoms with van der Waals surface area (Å²) in [6.07, 6.45) is -7.38. The van der Waals surface area contributed by atoms with E-state index in [0.717, 1.165) is 45.0 Å². The maximum Gasteiger partial charge on any atom is 0.417 e. The number of hydrogen-bond donors (Lipinski definition) is 2. The Labute approximate surface area is 250 Å². The molecule has 0 aliphatic heterocycles. The number of nitrogens with zero attached hydrogens (tertiary/aromatic N) is 6. The van der Waals surface area contributed by atoms with Crippen LogP contribution in [0.3, 0.4) is 0 Å². The van der Waals surface area contributed by atoms with Gasteiger partial charge in [0.15, 0.2) is 11.5 Å². The van der Waals surface area contributed by atoms with Gasteiger partial charge in [0, 0.05) is 0 Å². The van der Waals surface area contributed by atoms with Gasteiger partial charge < -0.3 is 19.7 Å².